The molecule has 2 aliphatic heterocycles. The zero-order valence-electron chi connectivity index (χ0n) is 14.5. The van der Waals surface area contributed by atoms with Crippen LogP contribution < -0.4 is 10.2 Å². The standard InChI is InChI=1S/C15H16ClN3.C4H4O4/c16-12-4-3-11-10-18-6-1-2-13(18)15-9-17-5-7-19(15)14(11)8-12;5-3(6)1-2-4(7)8/h1-4,6,8,15,17H,5,7,9-10H2;1-2H,(H,5,6)(H,7,8). The summed E-state index contributed by atoms with van der Waals surface area (Å²) in [5, 5.41) is 19.9. The fourth-order valence-corrected chi connectivity index (χ4v) is 3.56. The van der Waals surface area contributed by atoms with Gasteiger partial charge in [0.2, 0.25) is 0 Å². The Hall–Kier alpha value is -2.77. The molecule has 1 atom stereocenters. The van der Waals surface area contributed by atoms with Gasteiger partial charge in [-0.2, -0.15) is 0 Å². The SMILES string of the molecule is Clc1ccc2c(c1)N1CCNCC1c1cccn1C2.O=C(O)C=CC(=O)O. The van der Waals surface area contributed by atoms with Gasteiger partial charge in [-0.05, 0) is 29.8 Å². The molecule has 0 spiro atoms. The van der Waals surface area contributed by atoms with E-state index in [0.717, 1.165) is 31.2 Å². The van der Waals surface area contributed by atoms with Crippen molar-refractivity contribution in [3.05, 3.63) is 65.0 Å². The maximum absolute atomic E-state index is 9.55. The Morgan fingerprint density at radius 3 is 2.63 bits per heavy atom. The van der Waals surface area contributed by atoms with Crippen molar-refractivity contribution in [1.29, 1.82) is 0 Å². The lowest BCUT2D eigenvalue weighted by Crippen LogP contribution is -2.46. The minimum atomic E-state index is -1.26. The van der Waals surface area contributed by atoms with Gasteiger partial charge in [0.05, 0.1) is 6.04 Å². The van der Waals surface area contributed by atoms with Gasteiger partial charge in [0, 0.05) is 60.9 Å². The Kier molecular flexibility index (Phi) is 5.83. The highest BCUT2D eigenvalue weighted by Gasteiger charge is 2.30. The van der Waals surface area contributed by atoms with Crippen LogP contribution in [0, 0.1) is 0 Å². The molecule has 0 aliphatic carbocycles. The number of nitrogens with one attached hydrogen (secondary N) is 1. The molecule has 7 nitrogen and oxygen atoms in total. The molecule has 0 saturated carbocycles. The Labute approximate surface area is 161 Å². The minimum absolute atomic E-state index is 0.406. The van der Waals surface area contributed by atoms with Crippen LogP contribution in [-0.2, 0) is 16.1 Å². The van der Waals surface area contributed by atoms with Crippen LogP contribution >= 0.6 is 11.6 Å². The Morgan fingerprint density at radius 2 is 1.93 bits per heavy atom. The summed E-state index contributed by atoms with van der Waals surface area (Å²) in [7, 11) is 0. The number of benzene rings is 1. The van der Waals surface area contributed by atoms with Gasteiger partial charge in [-0.25, -0.2) is 9.59 Å². The molecule has 0 radical (unpaired) electrons. The summed E-state index contributed by atoms with van der Waals surface area (Å²) >= 11 is 6.20. The van der Waals surface area contributed by atoms with Gasteiger partial charge in [0.15, 0.2) is 0 Å². The van der Waals surface area contributed by atoms with Crippen molar-refractivity contribution in [2.75, 3.05) is 24.5 Å². The highest BCUT2D eigenvalue weighted by Crippen LogP contribution is 2.36. The van der Waals surface area contributed by atoms with E-state index in [9.17, 15) is 9.59 Å². The molecule has 2 aromatic rings. The van der Waals surface area contributed by atoms with Crippen LogP contribution in [-0.4, -0.2) is 46.4 Å². The lowest BCUT2D eigenvalue weighted by atomic mass is 10.1. The third-order valence-corrected chi connectivity index (χ3v) is 4.75. The Bertz CT molecular complexity index is 862. The second-order valence-electron chi connectivity index (χ2n) is 6.26. The summed E-state index contributed by atoms with van der Waals surface area (Å²) in [6.07, 6.45) is 3.29. The predicted octanol–water partition coefficient (Wildman–Crippen LogP) is 2.37. The average Bonchev–Trinajstić information content (AvgIpc) is 3.05. The first-order chi connectivity index (χ1) is 13.0. The summed E-state index contributed by atoms with van der Waals surface area (Å²) in [5.41, 5.74) is 4.04. The molecule has 8 heteroatoms. The van der Waals surface area contributed by atoms with Crippen molar-refractivity contribution in [3.8, 4) is 0 Å². The lowest BCUT2D eigenvalue weighted by Gasteiger charge is -2.37. The van der Waals surface area contributed by atoms with Crippen LogP contribution in [0.15, 0.2) is 48.7 Å². The number of nitrogens with zero attached hydrogens (tertiary/aromatic N) is 2. The van der Waals surface area contributed by atoms with Crippen molar-refractivity contribution >= 4 is 29.2 Å². The van der Waals surface area contributed by atoms with E-state index in [1.165, 1.54) is 16.9 Å². The molecule has 1 aromatic carbocycles. The molecule has 1 aromatic heterocycles. The first-order valence-corrected chi connectivity index (χ1v) is 8.88. The molecule has 2 aliphatic rings. The minimum Gasteiger partial charge on any atom is -0.478 e. The van der Waals surface area contributed by atoms with Crippen molar-refractivity contribution in [3.63, 3.8) is 0 Å². The number of hydrogen-bond acceptors (Lipinski definition) is 4. The second-order valence-corrected chi connectivity index (χ2v) is 6.69. The number of anilines is 1. The molecule has 142 valence electrons. The zero-order chi connectivity index (χ0) is 19.4. The lowest BCUT2D eigenvalue weighted by molar-refractivity contribution is -0.134. The molecule has 3 N–H and O–H groups in total. The molecular weight excluding hydrogens is 370 g/mol. The van der Waals surface area contributed by atoms with Gasteiger partial charge in [-0.1, -0.05) is 17.7 Å². The number of fused-ring (bicyclic) bond motifs is 5. The van der Waals surface area contributed by atoms with E-state index in [-0.39, 0.29) is 0 Å². The molecule has 27 heavy (non-hydrogen) atoms. The monoisotopic (exact) mass is 389 g/mol. The molecule has 3 heterocycles. The van der Waals surface area contributed by atoms with E-state index in [4.69, 9.17) is 21.8 Å². The quantitative estimate of drug-likeness (QED) is 0.682. The van der Waals surface area contributed by atoms with Crippen LogP contribution in [0.5, 0.6) is 0 Å². The topological polar surface area (TPSA) is 94.8 Å². The van der Waals surface area contributed by atoms with Crippen molar-refractivity contribution < 1.29 is 19.8 Å². The number of piperazine rings is 1. The summed E-state index contributed by atoms with van der Waals surface area (Å²) in [6, 6.07) is 11.0. The first kappa shape index (κ1) is 19.0. The average molecular weight is 390 g/mol. The van der Waals surface area contributed by atoms with E-state index in [1.54, 1.807) is 0 Å². The van der Waals surface area contributed by atoms with Gasteiger partial charge in [-0.3, -0.25) is 0 Å². The number of carbonyl (C=O) groups is 2. The van der Waals surface area contributed by atoms with Gasteiger partial charge in [0.25, 0.3) is 0 Å². The van der Waals surface area contributed by atoms with Crippen LogP contribution in [0.4, 0.5) is 5.69 Å². The normalized spacial score (nSPS) is 17.8. The number of carboxylic acid groups (broad SMARTS) is 2. The van der Waals surface area contributed by atoms with Gasteiger partial charge in [-0.15, -0.1) is 0 Å². The fraction of sp³-hybridized carbons (Fsp3) is 0.263. The van der Waals surface area contributed by atoms with Crippen LogP contribution in [0.2, 0.25) is 5.02 Å². The van der Waals surface area contributed by atoms with Crippen LogP contribution in [0.3, 0.4) is 0 Å². The largest absolute Gasteiger partial charge is 0.478 e. The molecule has 0 amide bonds. The van der Waals surface area contributed by atoms with Crippen LogP contribution in [0.25, 0.3) is 0 Å². The molecular formula is C19H20ClN3O4. The molecule has 1 saturated heterocycles. The maximum Gasteiger partial charge on any atom is 0.328 e. The van der Waals surface area contributed by atoms with E-state index < -0.39 is 11.9 Å². The first-order valence-electron chi connectivity index (χ1n) is 8.50. The third kappa shape index (κ3) is 4.50. The molecule has 4 rings (SSSR count). The summed E-state index contributed by atoms with van der Waals surface area (Å²) in [5.74, 6) is -2.51. The Morgan fingerprint density at radius 1 is 1.19 bits per heavy atom. The number of halogens is 1. The van der Waals surface area contributed by atoms with Crippen molar-refractivity contribution in [1.82, 2.24) is 9.88 Å². The second kappa shape index (κ2) is 8.28. The van der Waals surface area contributed by atoms with E-state index in [0.29, 0.717) is 18.2 Å². The Balaban J connectivity index is 0.000000226. The maximum atomic E-state index is 9.55. The van der Waals surface area contributed by atoms with E-state index in [1.807, 2.05) is 6.07 Å². The third-order valence-electron chi connectivity index (χ3n) is 4.52. The molecule has 1 unspecified atom stereocenters. The predicted molar refractivity (Wildman–Crippen MR) is 102 cm³/mol. The van der Waals surface area contributed by atoms with E-state index >= 15 is 0 Å². The highest BCUT2D eigenvalue weighted by atomic mass is 35.5. The number of carboxylic acids is 2. The van der Waals surface area contributed by atoms with Crippen LogP contribution in [0.1, 0.15) is 17.3 Å². The number of hydrogen-bond donors (Lipinski definition) is 3. The summed E-state index contributed by atoms with van der Waals surface area (Å²) in [6.45, 7) is 3.99. The molecule has 0 bridgehead atoms. The van der Waals surface area contributed by atoms with Gasteiger partial charge < -0.3 is 25.0 Å². The number of aliphatic carboxylic acids is 2. The summed E-state index contributed by atoms with van der Waals surface area (Å²) < 4.78 is 2.35. The van der Waals surface area contributed by atoms with Crippen molar-refractivity contribution in [2.24, 2.45) is 0 Å². The van der Waals surface area contributed by atoms with Crippen molar-refractivity contribution in [2.45, 2.75) is 12.6 Å². The van der Waals surface area contributed by atoms with E-state index in [2.05, 4.69) is 45.2 Å². The smallest absolute Gasteiger partial charge is 0.328 e. The van der Waals surface area contributed by atoms with Gasteiger partial charge >= 0.3 is 11.9 Å². The number of rotatable bonds is 2. The number of aromatic nitrogens is 1. The highest BCUT2D eigenvalue weighted by molar-refractivity contribution is 6.30. The zero-order valence-corrected chi connectivity index (χ0v) is 15.3. The fourth-order valence-electron chi connectivity index (χ4n) is 3.39. The summed E-state index contributed by atoms with van der Waals surface area (Å²) in [4.78, 5) is 21.6. The van der Waals surface area contributed by atoms with Gasteiger partial charge in [0.1, 0.15) is 0 Å². The molecule has 1 fully saturated rings.